The van der Waals surface area contributed by atoms with Gasteiger partial charge in [-0.15, -0.1) is 0 Å². The van der Waals surface area contributed by atoms with Crippen molar-refractivity contribution in [3.8, 4) is 11.2 Å². The molecule has 0 aromatic heterocycles. The molecule has 2 aliphatic heterocycles. The average molecular weight is 232 g/mol. The third-order valence-electron chi connectivity index (χ3n) is 1.12. The van der Waals surface area contributed by atoms with Crippen LogP contribution in [0, 0.1) is 11.2 Å². The highest BCUT2D eigenvalue weighted by Crippen LogP contribution is 2.51. The molecule has 0 aliphatic carbocycles. The minimum atomic E-state index is 0.750. The van der Waals surface area contributed by atoms with Crippen LogP contribution in [-0.4, -0.2) is 9.06 Å². The summed E-state index contributed by atoms with van der Waals surface area (Å²) in [6.07, 6.45) is 0. The molecule has 0 nitrogen and oxygen atoms in total. The zero-order valence-corrected chi connectivity index (χ0v) is 9.12. The second kappa shape index (κ2) is 3.11. The van der Waals surface area contributed by atoms with E-state index in [0.717, 1.165) is 18.9 Å². The van der Waals surface area contributed by atoms with Crippen molar-refractivity contribution in [2.45, 2.75) is 0 Å². The van der Waals surface area contributed by atoms with Crippen LogP contribution in [0.25, 0.3) is 0 Å². The van der Waals surface area contributed by atoms with Gasteiger partial charge in [0.15, 0.2) is 0 Å². The Hall–Kier alpha value is 0.530. The molecular weight excluding hydrogens is 232 g/mol. The van der Waals surface area contributed by atoms with E-state index < -0.39 is 0 Å². The Bertz CT molecular complexity index is 340. The molecule has 2 heterocycles. The lowest BCUT2D eigenvalue weighted by Gasteiger charge is -2.17. The molecule has 0 atom stereocenters. The summed E-state index contributed by atoms with van der Waals surface area (Å²) >= 11 is 11.6. The van der Waals surface area contributed by atoms with Gasteiger partial charge in [-0.2, -0.15) is 0 Å². The number of allylic oxidation sites excluding steroid dienone is 1. The number of thioether (sulfide) groups is 1. The molecule has 0 spiro atoms. The second-order valence-corrected chi connectivity index (χ2v) is 5.81. The lowest BCUT2D eigenvalue weighted by Crippen LogP contribution is -2.03. The Morgan fingerprint density at radius 1 is 1.09 bits per heavy atom. The predicted octanol–water partition coefficient (Wildman–Crippen LogP) is 3.00. The van der Waals surface area contributed by atoms with Gasteiger partial charge in [0.25, 0.3) is 0 Å². The first-order valence-electron chi connectivity index (χ1n) is 2.64. The molecule has 0 radical (unpaired) electrons. The fourth-order valence-electron chi connectivity index (χ4n) is 0.623. The fourth-order valence-corrected chi connectivity index (χ4v) is 4.34. The first-order chi connectivity index (χ1) is 5.29. The fraction of sp³-hybridized carbons (Fsp3) is 0. The van der Waals surface area contributed by atoms with Crippen LogP contribution in [0.3, 0.4) is 0 Å². The summed E-state index contributed by atoms with van der Waals surface area (Å²) in [7, 11) is 3.30. The van der Waals surface area contributed by atoms with Gasteiger partial charge in [-0.1, -0.05) is 24.4 Å². The van der Waals surface area contributed by atoms with E-state index in [4.69, 9.17) is 24.4 Å². The summed E-state index contributed by atoms with van der Waals surface area (Å²) in [6, 6.07) is 0. The normalized spacial score (nSPS) is 28.0. The van der Waals surface area contributed by atoms with Gasteiger partial charge >= 0.3 is 0 Å². The molecule has 1 fully saturated rings. The molecule has 0 amide bonds. The van der Waals surface area contributed by atoms with Crippen LogP contribution < -0.4 is 0 Å². The summed E-state index contributed by atoms with van der Waals surface area (Å²) in [5.74, 6) is 2.84. The predicted molar refractivity (Wildman–Crippen MR) is 62.8 cm³/mol. The van der Waals surface area contributed by atoms with Crippen molar-refractivity contribution in [2.24, 2.45) is 0 Å². The van der Waals surface area contributed by atoms with Crippen LogP contribution in [0.1, 0.15) is 0 Å². The van der Waals surface area contributed by atoms with Crippen LogP contribution in [0.2, 0.25) is 0 Å². The van der Waals surface area contributed by atoms with Crippen molar-refractivity contribution < 1.29 is 0 Å². The second-order valence-electron chi connectivity index (χ2n) is 1.77. The molecule has 0 unspecified atom stereocenters. The number of thiocarbonyl (C=S) groups is 2. The van der Waals surface area contributed by atoms with Gasteiger partial charge in [0.05, 0.1) is 14.0 Å². The van der Waals surface area contributed by atoms with Gasteiger partial charge in [0.1, 0.15) is 4.86 Å². The summed E-state index contributed by atoms with van der Waals surface area (Å²) in [5, 5.41) is 2.88. The van der Waals surface area contributed by atoms with Gasteiger partial charge in [-0.3, -0.25) is 0 Å². The van der Waals surface area contributed by atoms with E-state index in [1.165, 1.54) is 11.8 Å². The molecular formula is C6S5. The molecule has 2 rings (SSSR count). The Labute approximate surface area is 87.3 Å². The van der Waals surface area contributed by atoms with Gasteiger partial charge < -0.3 is 0 Å². The number of hydrogen-bond acceptors (Lipinski definition) is 5. The van der Waals surface area contributed by atoms with E-state index >= 15 is 0 Å². The van der Waals surface area contributed by atoms with Crippen LogP contribution in [0.4, 0.5) is 0 Å². The van der Waals surface area contributed by atoms with E-state index in [9.17, 15) is 0 Å². The largest absolute Gasteiger partial charge is 0.104 e. The maximum atomic E-state index is 5.05. The zero-order chi connectivity index (χ0) is 7.84. The minimum Gasteiger partial charge on any atom is -0.0703 e. The molecule has 11 heavy (non-hydrogen) atoms. The van der Waals surface area contributed by atoms with Crippen molar-refractivity contribution in [1.82, 2.24) is 0 Å². The van der Waals surface area contributed by atoms with Crippen LogP contribution in [0.15, 0.2) is 9.81 Å². The third-order valence-corrected chi connectivity index (χ3v) is 5.79. The zero-order valence-electron chi connectivity index (χ0n) is 5.04. The van der Waals surface area contributed by atoms with E-state index in [0.29, 0.717) is 0 Å². The van der Waals surface area contributed by atoms with Gasteiger partial charge in [-0.25, -0.2) is 0 Å². The number of hydrogen-bond donors (Lipinski definition) is 0. The average Bonchev–Trinajstić information content (AvgIpc) is 2.34. The molecule has 54 valence electrons. The smallest absolute Gasteiger partial charge is 0.0703 e. The highest BCUT2D eigenvalue weighted by Gasteiger charge is 2.26. The molecule has 0 aromatic carbocycles. The first-order valence-corrected chi connectivity index (χ1v) is 6.42. The quantitative estimate of drug-likeness (QED) is 0.272. The maximum Gasteiger partial charge on any atom is 0.104 e. The van der Waals surface area contributed by atoms with Gasteiger partial charge in [-0.05, 0) is 44.5 Å². The summed E-state index contributed by atoms with van der Waals surface area (Å²) < 4.78 is 0.949. The van der Waals surface area contributed by atoms with Crippen LogP contribution >= 0.6 is 57.8 Å². The van der Waals surface area contributed by atoms with E-state index in [2.05, 4.69) is 11.2 Å². The lowest BCUT2D eigenvalue weighted by molar-refractivity contribution is 2.18. The SMILES string of the molecule is S=C1C#CS/C1=C1/SSC1=S. The van der Waals surface area contributed by atoms with Crippen LogP contribution in [-0.2, 0) is 0 Å². The summed E-state index contributed by atoms with van der Waals surface area (Å²) in [4.78, 5) is 2.95. The van der Waals surface area contributed by atoms with E-state index in [1.54, 1.807) is 21.6 Å². The van der Waals surface area contributed by atoms with Crippen molar-refractivity contribution in [3.63, 3.8) is 0 Å². The highest BCUT2D eigenvalue weighted by atomic mass is 33.1. The van der Waals surface area contributed by atoms with Gasteiger partial charge in [0.2, 0.25) is 0 Å². The topological polar surface area (TPSA) is 0 Å². The molecule has 1 saturated heterocycles. The van der Waals surface area contributed by atoms with E-state index in [-0.39, 0.29) is 0 Å². The van der Waals surface area contributed by atoms with Crippen molar-refractivity contribution in [2.75, 3.05) is 0 Å². The Balaban J connectivity index is 2.35. The Morgan fingerprint density at radius 3 is 2.27 bits per heavy atom. The minimum absolute atomic E-state index is 0.750. The standard InChI is InChI=1S/C6S5/c7-3-1-2-9-4(3)5-6(8)11-10-5/b5-4+. The Kier molecular flexibility index (Phi) is 2.30. The first kappa shape index (κ1) is 8.14. The van der Waals surface area contributed by atoms with Crippen molar-refractivity contribution in [3.05, 3.63) is 9.81 Å². The molecule has 0 aromatic rings. The third kappa shape index (κ3) is 1.38. The summed E-state index contributed by atoms with van der Waals surface area (Å²) in [6.45, 7) is 0. The molecule has 0 N–H and O–H groups in total. The van der Waals surface area contributed by atoms with Gasteiger partial charge in [0, 0.05) is 0 Å². The molecule has 5 heteroatoms. The lowest BCUT2D eigenvalue weighted by atomic mass is 10.4. The monoisotopic (exact) mass is 232 g/mol. The maximum absolute atomic E-state index is 5.05. The molecule has 2 aliphatic rings. The highest BCUT2D eigenvalue weighted by molar-refractivity contribution is 8.90. The molecule has 0 saturated carbocycles. The summed E-state index contributed by atoms with van der Waals surface area (Å²) in [5.41, 5.74) is 0. The Morgan fingerprint density at radius 2 is 1.91 bits per heavy atom. The van der Waals surface area contributed by atoms with E-state index in [1.807, 2.05) is 0 Å². The molecule has 0 bridgehead atoms. The van der Waals surface area contributed by atoms with Crippen molar-refractivity contribution >= 4 is 66.8 Å². The number of rotatable bonds is 0. The van der Waals surface area contributed by atoms with Crippen LogP contribution in [0.5, 0.6) is 0 Å². The van der Waals surface area contributed by atoms with Crippen molar-refractivity contribution in [1.29, 1.82) is 0 Å².